The van der Waals surface area contributed by atoms with E-state index in [0.717, 1.165) is 6.07 Å². The summed E-state index contributed by atoms with van der Waals surface area (Å²) in [5.74, 6) is -1.55. The molecule has 0 spiro atoms. The summed E-state index contributed by atoms with van der Waals surface area (Å²) in [7, 11) is 0. The topological polar surface area (TPSA) is 56.5 Å². The van der Waals surface area contributed by atoms with Gasteiger partial charge in [-0.3, -0.25) is 9.59 Å². The molecule has 140 valence electrons. The summed E-state index contributed by atoms with van der Waals surface area (Å²) in [6.07, 6.45) is -4.89. The number of alkyl halides is 3. The zero-order valence-electron chi connectivity index (χ0n) is 13.9. The van der Waals surface area contributed by atoms with Crippen molar-refractivity contribution in [3.63, 3.8) is 0 Å². The Kier molecular flexibility index (Phi) is 4.97. The number of hydrogen-bond donors (Lipinski definition) is 0. The number of ketones is 1. The van der Waals surface area contributed by atoms with Crippen LogP contribution in [0.1, 0.15) is 12.7 Å². The number of carbonyl (C=O) groups excluding carboxylic acids is 1. The van der Waals surface area contributed by atoms with Crippen molar-refractivity contribution >= 4 is 28.4 Å². The van der Waals surface area contributed by atoms with Crippen LogP contribution in [0.4, 0.5) is 13.2 Å². The highest BCUT2D eigenvalue weighted by atomic mass is 35.5. The summed E-state index contributed by atoms with van der Waals surface area (Å²) in [6.45, 7) is 1.06. The Morgan fingerprint density at radius 3 is 2.41 bits per heavy atom. The molecule has 0 bridgehead atoms. The van der Waals surface area contributed by atoms with E-state index in [1.54, 1.807) is 0 Å². The van der Waals surface area contributed by atoms with Crippen molar-refractivity contribution in [2.75, 3.05) is 6.61 Å². The Hall–Kier alpha value is -2.80. The molecule has 0 aliphatic rings. The van der Waals surface area contributed by atoms with Crippen LogP contribution in [0.15, 0.2) is 51.7 Å². The van der Waals surface area contributed by atoms with Crippen LogP contribution < -0.4 is 10.2 Å². The minimum atomic E-state index is -4.89. The standard InChI is InChI=1S/C19H12ClF3O4/c1-10(24)9-26-13-6-7-14-15(8-13)27-18(19(21,22)23)16(17(14)25)11-2-4-12(20)5-3-11/h2-8H,9H2,1H3. The number of carbonyl (C=O) groups is 1. The van der Waals surface area contributed by atoms with Gasteiger partial charge in [-0.1, -0.05) is 23.7 Å². The molecule has 27 heavy (non-hydrogen) atoms. The van der Waals surface area contributed by atoms with Crippen molar-refractivity contribution in [3.8, 4) is 16.9 Å². The molecule has 2 aromatic carbocycles. The Morgan fingerprint density at radius 2 is 1.81 bits per heavy atom. The fourth-order valence-corrected chi connectivity index (χ4v) is 2.65. The maximum absolute atomic E-state index is 13.5. The van der Waals surface area contributed by atoms with Gasteiger partial charge in [0, 0.05) is 11.1 Å². The normalized spacial score (nSPS) is 11.6. The van der Waals surface area contributed by atoms with Crippen LogP contribution in [-0.2, 0) is 11.0 Å². The lowest BCUT2D eigenvalue weighted by molar-refractivity contribution is -0.152. The van der Waals surface area contributed by atoms with Crippen molar-refractivity contribution in [2.45, 2.75) is 13.1 Å². The molecule has 0 amide bonds. The zero-order chi connectivity index (χ0) is 19.8. The summed E-state index contributed by atoms with van der Waals surface area (Å²) in [5.41, 5.74) is -1.67. The molecule has 8 heteroatoms. The first-order valence-electron chi connectivity index (χ1n) is 7.73. The van der Waals surface area contributed by atoms with Gasteiger partial charge in [0.25, 0.3) is 0 Å². The third-order valence-electron chi connectivity index (χ3n) is 3.70. The smallest absolute Gasteiger partial charge is 0.450 e. The maximum Gasteiger partial charge on any atom is 0.450 e. The summed E-state index contributed by atoms with van der Waals surface area (Å²) < 4.78 is 50.8. The van der Waals surface area contributed by atoms with Crippen LogP contribution in [0.25, 0.3) is 22.1 Å². The molecule has 3 rings (SSSR count). The Bertz CT molecular complexity index is 1070. The van der Waals surface area contributed by atoms with Gasteiger partial charge in [-0.25, -0.2) is 0 Å². The maximum atomic E-state index is 13.5. The molecule has 0 saturated carbocycles. The average Bonchev–Trinajstić information content (AvgIpc) is 2.60. The Labute approximate surface area is 156 Å². The van der Waals surface area contributed by atoms with E-state index in [0.29, 0.717) is 5.02 Å². The van der Waals surface area contributed by atoms with E-state index < -0.39 is 22.9 Å². The molecule has 3 aromatic rings. The molecule has 4 nitrogen and oxygen atoms in total. The highest BCUT2D eigenvalue weighted by molar-refractivity contribution is 6.30. The monoisotopic (exact) mass is 396 g/mol. The molecular formula is C19H12ClF3O4. The van der Waals surface area contributed by atoms with E-state index in [1.807, 2.05) is 0 Å². The third-order valence-corrected chi connectivity index (χ3v) is 3.95. The number of halogens is 4. The highest BCUT2D eigenvalue weighted by Crippen LogP contribution is 2.38. The lowest BCUT2D eigenvalue weighted by Gasteiger charge is -2.13. The quantitative estimate of drug-likeness (QED) is 0.615. The van der Waals surface area contributed by atoms with Gasteiger partial charge in [-0.15, -0.1) is 0 Å². The van der Waals surface area contributed by atoms with Gasteiger partial charge < -0.3 is 9.15 Å². The van der Waals surface area contributed by atoms with Gasteiger partial charge >= 0.3 is 6.18 Å². The molecule has 0 aliphatic carbocycles. The van der Waals surface area contributed by atoms with Crippen LogP contribution in [0, 0.1) is 0 Å². The molecule has 0 saturated heterocycles. The SMILES string of the molecule is CC(=O)COc1ccc2c(=O)c(-c3ccc(Cl)cc3)c(C(F)(F)F)oc2c1. The molecule has 0 fully saturated rings. The number of hydrogen-bond acceptors (Lipinski definition) is 4. The minimum absolute atomic E-state index is 0.0388. The first-order valence-corrected chi connectivity index (χ1v) is 8.11. The lowest BCUT2D eigenvalue weighted by Crippen LogP contribution is -2.16. The number of benzene rings is 2. The van der Waals surface area contributed by atoms with Gasteiger partial charge in [0.1, 0.15) is 17.9 Å². The summed E-state index contributed by atoms with van der Waals surface area (Å²) in [4.78, 5) is 23.8. The van der Waals surface area contributed by atoms with Crippen molar-refractivity contribution in [1.82, 2.24) is 0 Å². The van der Waals surface area contributed by atoms with E-state index in [4.69, 9.17) is 20.8 Å². The van der Waals surface area contributed by atoms with Gasteiger partial charge in [0.15, 0.2) is 5.78 Å². The molecule has 0 aliphatic heterocycles. The van der Waals surface area contributed by atoms with E-state index in [2.05, 4.69) is 0 Å². The van der Waals surface area contributed by atoms with Crippen LogP contribution in [0.3, 0.4) is 0 Å². The largest absolute Gasteiger partial charge is 0.486 e. The summed E-state index contributed by atoms with van der Waals surface area (Å²) in [6, 6.07) is 9.26. The van der Waals surface area contributed by atoms with E-state index in [-0.39, 0.29) is 34.7 Å². The van der Waals surface area contributed by atoms with Crippen LogP contribution >= 0.6 is 11.6 Å². The summed E-state index contributed by atoms with van der Waals surface area (Å²) in [5, 5.41) is 0.285. The minimum Gasteiger partial charge on any atom is -0.486 e. The number of Topliss-reactive ketones (excluding diaryl/α,β-unsaturated/α-hetero) is 1. The number of ether oxygens (including phenoxy) is 1. The second-order valence-corrected chi connectivity index (χ2v) is 6.23. The average molecular weight is 397 g/mol. The van der Waals surface area contributed by atoms with Crippen molar-refractivity contribution in [3.05, 3.63) is 63.5 Å². The first kappa shape index (κ1) is 19.0. The Morgan fingerprint density at radius 1 is 1.15 bits per heavy atom. The van der Waals surface area contributed by atoms with Crippen molar-refractivity contribution in [1.29, 1.82) is 0 Å². The fourth-order valence-electron chi connectivity index (χ4n) is 2.53. The predicted molar refractivity (Wildman–Crippen MR) is 94.1 cm³/mol. The van der Waals surface area contributed by atoms with E-state index in [9.17, 15) is 22.8 Å². The molecule has 0 atom stereocenters. The van der Waals surface area contributed by atoms with E-state index >= 15 is 0 Å². The van der Waals surface area contributed by atoms with Crippen LogP contribution in [-0.4, -0.2) is 12.4 Å². The molecule has 0 radical (unpaired) electrons. The lowest BCUT2D eigenvalue weighted by atomic mass is 10.0. The van der Waals surface area contributed by atoms with Gasteiger partial charge in [0.05, 0.1) is 10.9 Å². The molecule has 0 unspecified atom stereocenters. The van der Waals surface area contributed by atoms with Crippen LogP contribution in [0.5, 0.6) is 5.75 Å². The number of fused-ring (bicyclic) bond motifs is 1. The summed E-state index contributed by atoms with van der Waals surface area (Å²) >= 11 is 5.77. The van der Waals surface area contributed by atoms with E-state index in [1.165, 1.54) is 43.3 Å². The molecular weight excluding hydrogens is 385 g/mol. The fraction of sp³-hybridized carbons (Fsp3) is 0.158. The molecule has 1 aromatic heterocycles. The molecule has 1 heterocycles. The van der Waals surface area contributed by atoms with Crippen molar-refractivity contribution in [2.24, 2.45) is 0 Å². The Balaban J connectivity index is 2.24. The second-order valence-electron chi connectivity index (χ2n) is 5.79. The third kappa shape index (κ3) is 3.98. The second kappa shape index (κ2) is 7.08. The number of rotatable bonds is 4. The highest BCUT2D eigenvalue weighted by Gasteiger charge is 2.39. The first-order chi connectivity index (χ1) is 12.7. The van der Waals surface area contributed by atoms with Crippen molar-refractivity contribution < 1.29 is 27.1 Å². The zero-order valence-corrected chi connectivity index (χ0v) is 14.6. The van der Waals surface area contributed by atoms with Gasteiger partial charge in [-0.05, 0) is 36.8 Å². The van der Waals surface area contributed by atoms with Gasteiger partial charge in [0.2, 0.25) is 11.2 Å². The predicted octanol–water partition coefficient (Wildman–Crippen LogP) is 5.10. The van der Waals surface area contributed by atoms with Gasteiger partial charge in [-0.2, -0.15) is 13.2 Å². The molecule has 0 N–H and O–H groups in total. The van der Waals surface area contributed by atoms with Crippen LogP contribution in [0.2, 0.25) is 5.02 Å².